The first-order valence-electron chi connectivity index (χ1n) is 11.6. The van der Waals surface area contributed by atoms with Crippen molar-refractivity contribution < 1.29 is 20.1 Å². The number of anilines is 3. The molecule has 5 heteroatoms. The summed E-state index contributed by atoms with van der Waals surface area (Å²) in [6.07, 6.45) is 0. The first-order valence-corrected chi connectivity index (χ1v) is 11.6. The summed E-state index contributed by atoms with van der Waals surface area (Å²) < 4.78 is 6.41. The van der Waals surface area contributed by atoms with Gasteiger partial charge in [-0.25, -0.2) is 0 Å². The van der Waals surface area contributed by atoms with Gasteiger partial charge in [-0.3, -0.25) is 0 Å². The lowest BCUT2D eigenvalue weighted by Crippen LogP contribution is -2.14. The lowest BCUT2D eigenvalue weighted by molar-refractivity contribution is 0.448. The number of hydrogen-bond donors (Lipinski definition) is 3. The molecule has 35 heavy (non-hydrogen) atoms. The molecule has 0 unspecified atom stereocenters. The summed E-state index contributed by atoms with van der Waals surface area (Å²) in [6.45, 7) is 11.5. The van der Waals surface area contributed by atoms with E-state index in [1.54, 1.807) is 18.2 Å². The molecule has 0 aliphatic rings. The van der Waals surface area contributed by atoms with Gasteiger partial charge in [0.2, 0.25) is 0 Å². The van der Waals surface area contributed by atoms with Crippen LogP contribution < -0.4 is 9.64 Å². The number of ether oxygens (including phenoxy) is 1. The Hall–Kier alpha value is -4.12. The Morgan fingerprint density at radius 3 is 1.63 bits per heavy atom. The molecule has 4 aromatic carbocycles. The van der Waals surface area contributed by atoms with Crippen molar-refractivity contribution in [1.29, 1.82) is 0 Å². The van der Waals surface area contributed by atoms with Gasteiger partial charge in [0.1, 0.15) is 23.0 Å². The van der Waals surface area contributed by atoms with E-state index in [4.69, 9.17) is 4.74 Å². The van der Waals surface area contributed by atoms with Gasteiger partial charge < -0.3 is 25.0 Å². The van der Waals surface area contributed by atoms with Crippen LogP contribution >= 0.6 is 0 Å². The zero-order valence-corrected chi connectivity index (χ0v) is 21.0. The highest BCUT2D eigenvalue weighted by atomic mass is 16.5. The van der Waals surface area contributed by atoms with Gasteiger partial charge in [0.05, 0.1) is 5.69 Å². The molecule has 0 heterocycles. The van der Waals surface area contributed by atoms with Gasteiger partial charge in [-0.2, -0.15) is 0 Å². The predicted octanol–water partition coefficient (Wildman–Crippen LogP) is 7.92. The van der Waals surface area contributed by atoms with Crippen molar-refractivity contribution in [2.45, 2.75) is 41.5 Å². The van der Waals surface area contributed by atoms with Crippen molar-refractivity contribution >= 4 is 17.1 Å². The van der Waals surface area contributed by atoms with Gasteiger partial charge >= 0.3 is 0 Å². The van der Waals surface area contributed by atoms with E-state index < -0.39 is 0 Å². The molecule has 0 spiro atoms. The number of benzene rings is 4. The first-order chi connectivity index (χ1) is 16.6. The maximum Gasteiger partial charge on any atom is 0.151 e. The van der Waals surface area contributed by atoms with E-state index in [1.165, 1.54) is 0 Å². The number of phenolic OH excluding ortho intramolecular Hbond substituents is 3. The zero-order chi connectivity index (χ0) is 25.4. The van der Waals surface area contributed by atoms with E-state index in [9.17, 15) is 15.3 Å². The van der Waals surface area contributed by atoms with Crippen LogP contribution in [0.3, 0.4) is 0 Å². The molecular formula is C30H31NO4. The highest BCUT2D eigenvalue weighted by Gasteiger charge is 2.23. The maximum absolute atomic E-state index is 10.3. The van der Waals surface area contributed by atoms with Crippen LogP contribution in [0.2, 0.25) is 0 Å². The molecule has 5 nitrogen and oxygen atoms in total. The summed E-state index contributed by atoms with van der Waals surface area (Å²) in [5, 5.41) is 31.0. The van der Waals surface area contributed by atoms with E-state index in [0.717, 1.165) is 44.9 Å². The average molecular weight is 470 g/mol. The number of nitrogens with zero attached hydrogens (tertiary/aromatic N) is 1. The fourth-order valence-electron chi connectivity index (χ4n) is 4.22. The number of aryl methyl sites for hydroxylation is 1. The Bertz CT molecular complexity index is 1370. The van der Waals surface area contributed by atoms with Crippen molar-refractivity contribution in [3.8, 4) is 28.7 Å². The number of aromatic hydroxyl groups is 3. The smallest absolute Gasteiger partial charge is 0.151 e. The summed E-state index contributed by atoms with van der Waals surface area (Å²) in [5.74, 6) is 1.84. The number of hydrogen-bond acceptors (Lipinski definition) is 5. The fraction of sp³-hybridized carbons (Fsp3) is 0.200. The topological polar surface area (TPSA) is 73.2 Å². The molecule has 0 amide bonds. The van der Waals surface area contributed by atoms with E-state index in [1.807, 2.05) is 84.0 Å². The van der Waals surface area contributed by atoms with E-state index in [0.29, 0.717) is 17.1 Å². The zero-order valence-electron chi connectivity index (χ0n) is 21.0. The quantitative estimate of drug-likeness (QED) is 0.277. The number of para-hydroxylation sites is 2. The summed E-state index contributed by atoms with van der Waals surface area (Å²) in [7, 11) is 0. The molecule has 0 atom stereocenters. The van der Waals surface area contributed by atoms with Crippen LogP contribution in [0.5, 0.6) is 28.7 Å². The molecule has 4 aromatic rings. The molecule has 4 rings (SSSR count). The third-order valence-electron chi connectivity index (χ3n) is 6.74. The molecule has 0 saturated heterocycles. The van der Waals surface area contributed by atoms with Crippen LogP contribution in [0.4, 0.5) is 17.1 Å². The van der Waals surface area contributed by atoms with Crippen molar-refractivity contribution in [2.24, 2.45) is 0 Å². The second kappa shape index (κ2) is 9.26. The van der Waals surface area contributed by atoms with Gasteiger partial charge in [0.15, 0.2) is 5.75 Å². The van der Waals surface area contributed by atoms with Crippen molar-refractivity contribution in [3.05, 3.63) is 94.0 Å². The molecule has 0 saturated carbocycles. The van der Waals surface area contributed by atoms with Crippen molar-refractivity contribution in [2.75, 3.05) is 4.90 Å². The minimum atomic E-state index is 0.185. The van der Waals surface area contributed by atoms with E-state index in [-0.39, 0.29) is 17.2 Å². The Morgan fingerprint density at radius 1 is 0.514 bits per heavy atom. The monoisotopic (exact) mass is 469 g/mol. The van der Waals surface area contributed by atoms with Crippen LogP contribution in [0, 0.1) is 41.5 Å². The maximum atomic E-state index is 10.3. The Morgan fingerprint density at radius 2 is 1.06 bits per heavy atom. The predicted molar refractivity (Wildman–Crippen MR) is 141 cm³/mol. The van der Waals surface area contributed by atoms with Crippen LogP contribution in [0.25, 0.3) is 0 Å². The van der Waals surface area contributed by atoms with Crippen LogP contribution in [0.15, 0.2) is 60.7 Å². The lowest BCUT2D eigenvalue weighted by Gasteiger charge is -2.31. The molecule has 0 aliphatic heterocycles. The average Bonchev–Trinajstić information content (AvgIpc) is 2.83. The van der Waals surface area contributed by atoms with Crippen LogP contribution in [-0.2, 0) is 0 Å². The van der Waals surface area contributed by atoms with Gasteiger partial charge in [-0.15, -0.1) is 0 Å². The van der Waals surface area contributed by atoms with Crippen LogP contribution in [-0.4, -0.2) is 15.3 Å². The molecule has 3 N–H and O–H groups in total. The van der Waals surface area contributed by atoms with Gasteiger partial charge in [0, 0.05) is 16.9 Å². The molecule has 0 radical (unpaired) electrons. The molecule has 0 aliphatic carbocycles. The third-order valence-corrected chi connectivity index (χ3v) is 6.74. The minimum absolute atomic E-state index is 0.185. The minimum Gasteiger partial charge on any atom is -0.508 e. The Kier molecular flexibility index (Phi) is 6.35. The van der Waals surface area contributed by atoms with E-state index in [2.05, 4.69) is 4.90 Å². The normalized spacial score (nSPS) is 10.9. The summed E-state index contributed by atoms with van der Waals surface area (Å²) in [6, 6.07) is 18.5. The number of rotatable bonds is 5. The van der Waals surface area contributed by atoms with Crippen molar-refractivity contribution in [3.63, 3.8) is 0 Å². The molecule has 0 fully saturated rings. The highest BCUT2D eigenvalue weighted by molar-refractivity contribution is 5.85. The Balaban J connectivity index is 1.98. The molecular weight excluding hydrogens is 438 g/mol. The van der Waals surface area contributed by atoms with Gasteiger partial charge in [-0.05, 0) is 118 Å². The first kappa shape index (κ1) is 24.0. The lowest BCUT2D eigenvalue weighted by atomic mass is 10.0. The molecule has 0 aromatic heterocycles. The largest absolute Gasteiger partial charge is 0.508 e. The highest BCUT2D eigenvalue weighted by Crippen LogP contribution is 2.47. The number of phenols is 3. The SMILES string of the molecule is Cc1cc(O)c(C)c(Oc2ccccc2N(c2ccc(O)c(C)c2C)c2ccc(O)c(C)c2C)c1. The summed E-state index contributed by atoms with van der Waals surface area (Å²) in [4.78, 5) is 2.09. The van der Waals surface area contributed by atoms with Gasteiger partial charge in [0.25, 0.3) is 0 Å². The van der Waals surface area contributed by atoms with E-state index >= 15 is 0 Å². The molecule has 0 bridgehead atoms. The molecule has 180 valence electrons. The van der Waals surface area contributed by atoms with Crippen molar-refractivity contribution in [1.82, 2.24) is 0 Å². The van der Waals surface area contributed by atoms with Crippen LogP contribution in [0.1, 0.15) is 33.4 Å². The van der Waals surface area contributed by atoms with Gasteiger partial charge in [-0.1, -0.05) is 12.1 Å². The second-order valence-electron chi connectivity index (χ2n) is 9.02. The third kappa shape index (κ3) is 4.37. The second-order valence-corrected chi connectivity index (χ2v) is 9.02. The fourth-order valence-corrected chi connectivity index (χ4v) is 4.22. The summed E-state index contributed by atoms with van der Waals surface area (Å²) in [5.41, 5.74) is 7.54. The standard InChI is InChI=1S/C30H31NO4/c1-17-15-28(34)22(6)30(16-17)35-29-10-8-7-9-25(29)31(23-11-13-26(32)20(4)18(23)2)24-12-14-27(33)21(5)19(24)3/h7-16,32-34H,1-6H3. The Labute approximate surface area is 206 Å². The summed E-state index contributed by atoms with van der Waals surface area (Å²) >= 11 is 0.